The molecule has 0 bridgehead atoms. The zero-order valence-electron chi connectivity index (χ0n) is 18.6. The van der Waals surface area contributed by atoms with E-state index in [1.54, 1.807) is 57.9 Å². The Morgan fingerprint density at radius 3 is 2.69 bits per heavy atom. The molecule has 1 saturated carbocycles. The summed E-state index contributed by atoms with van der Waals surface area (Å²) in [5.74, 6) is 0.0937. The van der Waals surface area contributed by atoms with Crippen molar-refractivity contribution in [3.05, 3.63) is 70.4 Å². The summed E-state index contributed by atoms with van der Waals surface area (Å²) in [5.41, 5.74) is 8.29. The molecule has 3 N–H and O–H groups in total. The Labute approximate surface area is 206 Å². The van der Waals surface area contributed by atoms with Crippen LogP contribution >= 0.6 is 11.6 Å². The fourth-order valence-electron chi connectivity index (χ4n) is 4.30. The molecule has 10 heteroatoms. The van der Waals surface area contributed by atoms with Gasteiger partial charge in [-0.3, -0.25) is 9.48 Å². The van der Waals surface area contributed by atoms with Gasteiger partial charge in [0, 0.05) is 23.4 Å². The number of nitrogens with one attached hydrogen (secondary N) is 1. The number of hydrogen-bond acceptors (Lipinski definition) is 5. The van der Waals surface area contributed by atoms with Crippen LogP contribution in [0.15, 0.2) is 48.5 Å². The Bertz CT molecular complexity index is 1380. The van der Waals surface area contributed by atoms with Crippen LogP contribution < -0.4 is 15.8 Å². The molecule has 2 aliphatic rings. The van der Waals surface area contributed by atoms with Crippen LogP contribution in [0.1, 0.15) is 34.5 Å². The number of rotatable bonds is 5. The normalized spacial score (nSPS) is 18.5. The first-order chi connectivity index (χ1) is 16.9. The van der Waals surface area contributed by atoms with E-state index in [1.165, 1.54) is 0 Å². The monoisotopic (exact) mass is 489 g/mol. The third-order valence-electron chi connectivity index (χ3n) is 6.17. The summed E-state index contributed by atoms with van der Waals surface area (Å²) in [4.78, 5) is 25.2. The minimum absolute atomic E-state index is 0.00159. The van der Waals surface area contributed by atoms with Crippen molar-refractivity contribution in [3.8, 4) is 23.1 Å². The lowest BCUT2D eigenvalue weighted by molar-refractivity contribution is -0.447. The minimum Gasteiger partial charge on any atom is -0.490 e. The Kier molecular flexibility index (Phi) is 5.97. The van der Waals surface area contributed by atoms with E-state index in [2.05, 4.69) is 16.5 Å². The summed E-state index contributed by atoms with van der Waals surface area (Å²) >= 11 is 6.11. The standard InChI is InChI=1S/C25H21ClN6O3/c26-17-3-1-2-16(10-17)23-22(24(28)33)21-14-31(8-9-32(21)30-23)25(34)29-18-11-20(12-18)35-19-6-4-15(13-27)5-7-19/h1-8,10,18,20H,9,11-12,14H2,(H2-,28,29,33,34)/p+1. The van der Waals surface area contributed by atoms with Crippen LogP contribution in [0.3, 0.4) is 0 Å². The molecule has 0 spiro atoms. The smallest absolute Gasteiger partial charge is 0.490 e. The third-order valence-corrected chi connectivity index (χ3v) is 6.40. The van der Waals surface area contributed by atoms with Crippen molar-refractivity contribution >= 4 is 29.8 Å². The molecule has 2 aromatic carbocycles. The molecular formula is C25H22ClN6O3+. The number of amides is 3. The molecule has 1 aliphatic heterocycles. The number of aromatic nitrogens is 2. The summed E-state index contributed by atoms with van der Waals surface area (Å²) < 4.78 is 9.12. The number of nitriles is 1. The lowest BCUT2D eigenvalue weighted by Gasteiger charge is -2.32. The quantitative estimate of drug-likeness (QED) is 0.532. The van der Waals surface area contributed by atoms with E-state index >= 15 is 0 Å². The van der Waals surface area contributed by atoms with Gasteiger partial charge in [-0.25, -0.2) is 5.32 Å². The molecule has 0 saturated heterocycles. The van der Waals surface area contributed by atoms with Crippen LogP contribution in [-0.4, -0.2) is 44.7 Å². The highest BCUT2D eigenvalue weighted by molar-refractivity contribution is 6.30. The Balaban J connectivity index is 1.22. The van der Waals surface area contributed by atoms with Crippen LogP contribution in [0.5, 0.6) is 5.75 Å². The van der Waals surface area contributed by atoms with Crippen LogP contribution in [0, 0.1) is 11.3 Å². The molecule has 3 aromatic rings. The van der Waals surface area contributed by atoms with Crippen LogP contribution in [0.2, 0.25) is 5.02 Å². The number of hydrogen-bond donors (Lipinski definition) is 2. The summed E-state index contributed by atoms with van der Waals surface area (Å²) in [6.07, 6.45) is 3.11. The van der Waals surface area contributed by atoms with Gasteiger partial charge in [0.05, 0.1) is 35.6 Å². The maximum atomic E-state index is 12.9. The minimum atomic E-state index is -0.606. The molecular weight excluding hydrogens is 468 g/mol. The maximum absolute atomic E-state index is 12.9. The zero-order chi connectivity index (χ0) is 24.5. The lowest BCUT2D eigenvalue weighted by atomic mass is 9.89. The van der Waals surface area contributed by atoms with Gasteiger partial charge in [-0.15, -0.1) is 0 Å². The van der Waals surface area contributed by atoms with E-state index in [0.717, 1.165) is 0 Å². The van der Waals surface area contributed by atoms with Crippen molar-refractivity contribution in [2.75, 3.05) is 0 Å². The van der Waals surface area contributed by atoms with Gasteiger partial charge in [-0.05, 0) is 36.4 Å². The highest BCUT2D eigenvalue weighted by Crippen LogP contribution is 2.29. The van der Waals surface area contributed by atoms with Crippen molar-refractivity contribution in [2.24, 2.45) is 5.73 Å². The molecule has 35 heavy (non-hydrogen) atoms. The van der Waals surface area contributed by atoms with Gasteiger partial charge in [0.1, 0.15) is 30.1 Å². The number of carbonyl (C=O) groups excluding carboxylic acids is 2. The first-order valence-corrected chi connectivity index (χ1v) is 11.5. The number of nitrogens with zero attached hydrogens (tertiary/aromatic N) is 4. The average Bonchev–Trinajstić information content (AvgIpc) is 3.22. The van der Waals surface area contributed by atoms with E-state index in [9.17, 15) is 9.59 Å². The average molecular weight is 490 g/mol. The SMILES string of the molecule is N#Cc1ccc(OC2CC(NC(=O)[N+]3=CCn4nc(-c5cccc(Cl)c5)c(C(N)=O)c4C3)C2)cc1. The third kappa shape index (κ3) is 4.61. The van der Waals surface area contributed by atoms with Gasteiger partial charge in [0.15, 0.2) is 0 Å². The van der Waals surface area contributed by atoms with Crippen molar-refractivity contribution < 1.29 is 18.9 Å². The molecule has 176 valence electrons. The van der Waals surface area contributed by atoms with Crippen molar-refractivity contribution in [1.29, 1.82) is 5.26 Å². The highest BCUT2D eigenvalue weighted by Gasteiger charge is 2.38. The van der Waals surface area contributed by atoms with Crippen molar-refractivity contribution in [2.45, 2.75) is 38.1 Å². The van der Waals surface area contributed by atoms with E-state index < -0.39 is 5.91 Å². The van der Waals surface area contributed by atoms with E-state index in [1.807, 2.05) is 6.07 Å². The highest BCUT2D eigenvalue weighted by atomic mass is 35.5. The molecule has 1 fully saturated rings. The summed E-state index contributed by atoms with van der Waals surface area (Å²) in [6, 6.07) is 15.8. The van der Waals surface area contributed by atoms with Crippen LogP contribution in [0.25, 0.3) is 11.3 Å². The fourth-order valence-corrected chi connectivity index (χ4v) is 4.49. The predicted molar refractivity (Wildman–Crippen MR) is 128 cm³/mol. The lowest BCUT2D eigenvalue weighted by Crippen LogP contribution is -2.51. The number of carbonyl (C=O) groups is 2. The van der Waals surface area contributed by atoms with Crippen LogP contribution in [-0.2, 0) is 13.1 Å². The van der Waals surface area contributed by atoms with Gasteiger partial charge in [0.2, 0.25) is 0 Å². The number of primary amides is 1. The molecule has 1 aromatic heterocycles. The second-order valence-electron chi connectivity index (χ2n) is 8.53. The number of benzene rings is 2. The number of nitrogens with two attached hydrogens (primary N) is 1. The van der Waals surface area contributed by atoms with Gasteiger partial charge in [-0.2, -0.15) is 19.7 Å². The summed E-state index contributed by atoms with van der Waals surface area (Å²) in [5, 5.41) is 17.0. The first kappa shape index (κ1) is 22.6. The number of urea groups is 1. The van der Waals surface area contributed by atoms with E-state index in [-0.39, 0.29) is 30.3 Å². The second-order valence-corrected chi connectivity index (χ2v) is 8.97. The van der Waals surface area contributed by atoms with E-state index in [0.29, 0.717) is 52.7 Å². The van der Waals surface area contributed by atoms with Gasteiger partial charge in [0.25, 0.3) is 5.91 Å². The Morgan fingerprint density at radius 2 is 2.00 bits per heavy atom. The molecule has 1 aliphatic carbocycles. The molecule has 0 atom stereocenters. The molecule has 0 radical (unpaired) electrons. The van der Waals surface area contributed by atoms with Crippen molar-refractivity contribution in [3.63, 3.8) is 0 Å². The first-order valence-electron chi connectivity index (χ1n) is 11.1. The van der Waals surface area contributed by atoms with Gasteiger partial charge in [-0.1, -0.05) is 23.7 Å². The molecule has 0 unspecified atom stereocenters. The van der Waals surface area contributed by atoms with Gasteiger partial charge < -0.3 is 10.5 Å². The van der Waals surface area contributed by atoms with Crippen molar-refractivity contribution in [1.82, 2.24) is 15.1 Å². The molecule has 9 nitrogen and oxygen atoms in total. The molecule has 2 heterocycles. The molecule has 5 rings (SSSR count). The maximum Gasteiger partial charge on any atom is 0.491 e. The number of halogens is 1. The van der Waals surface area contributed by atoms with Crippen LogP contribution in [0.4, 0.5) is 4.79 Å². The topological polar surface area (TPSA) is 126 Å². The summed E-state index contributed by atoms with van der Waals surface area (Å²) in [6.45, 7) is 0.508. The Morgan fingerprint density at radius 1 is 1.23 bits per heavy atom. The zero-order valence-corrected chi connectivity index (χ0v) is 19.4. The van der Waals surface area contributed by atoms with E-state index in [4.69, 9.17) is 27.3 Å². The molecule has 3 amide bonds. The largest absolute Gasteiger partial charge is 0.491 e. The fraction of sp³-hybridized carbons (Fsp3) is 0.240. The summed E-state index contributed by atoms with van der Waals surface area (Å²) in [7, 11) is 0. The number of ether oxygens (including phenoxy) is 1. The second kappa shape index (κ2) is 9.24. The predicted octanol–water partition coefficient (Wildman–Crippen LogP) is 3.09. The van der Waals surface area contributed by atoms with Gasteiger partial charge >= 0.3 is 6.03 Å². The number of fused-ring (bicyclic) bond motifs is 1. The Hall–Kier alpha value is -4.16.